The summed E-state index contributed by atoms with van der Waals surface area (Å²) < 4.78 is 1.97. The second kappa shape index (κ2) is 8.55. The number of carbonyl (C=O) groups is 2. The number of fused-ring (bicyclic) bond motifs is 1. The van der Waals surface area contributed by atoms with E-state index in [4.69, 9.17) is 0 Å². The Labute approximate surface area is 183 Å². The molecule has 1 saturated carbocycles. The predicted octanol–water partition coefficient (Wildman–Crippen LogP) is 2.13. The maximum Gasteiger partial charge on any atom is 0.236 e. The van der Waals surface area contributed by atoms with Crippen LogP contribution in [0.25, 0.3) is 5.69 Å². The molecule has 0 atom stereocenters. The van der Waals surface area contributed by atoms with Gasteiger partial charge in [-0.2, -0.15) is 5.10 Å². The minimum absolute atomic E-state index is 0.0683. The van der Waals surface area contributed by atoms with Gasteiger partial charge in [0.25, 0.3) is 0 Å². The van der Waals surface area contributed by atoms with Crippen LogP contribution in [0.1, 0.15) is 47.8 Å². The summed E-state index contributed by atoms with van der Waals surface area (Å²) in [6.07, 6.45) is 6.81. The second-order valence-corrected chi connectivity index (χ2v) is 9.09. The van der Waals surface area contributed by atoms with Gasteiger partial charge in [-0.1, -0.05) is 6.42 Å². The normalized spacial score (nSPS) is 20.4. The molecule has 0 bridgehead atoms. The van der Waals surface area contributed by atoms with Crippen molar-refractivity contribution in [3.8, 4) is 5.69 Å². The first-order valence-corrected chi connectivity index (χ1v) is 11.5. The fraction of sp³-hybridized carbons (Fsp3) is 0.542. The molecule has 2 aromatic rings. The van der Waals surface area contributed by atoms with Crippen LogP contribution in [0.2, 0.25) is 0 Å². The topological polar surface area (TPSA) is 61.7 Å². The SMILES string of the molecule is CC(=O)c1ccc(-n2ncc3c2CCN(CC(=O)N2CCN(C4CCC4)CC2)C3)cc1. The lowest BCUT2D eigenvalue weighted by molar-refractivity contribution is -0.135. The van der Waals surface area contributed by atoms with Crippen molar-refractivity contribution in [1.82, 2.24) is 24.5 Å². The molecular formula is C24H31N5O2. The van der Waals surface area contributed by atoms with Crippen LogP contribution < -0.4 is 0 Å². The molecule has 0 unspecified atom stereocenters. The van der Waals surface area contributed by atoms with Crippen LogP contribution in [0.15, 0.2) is 30.5 Å². The number of aromatic nitrogens is 2. The fourth-order valence-electron chi connectivity index (χ4n) is 4.96. The van der Waals surface area contributed by atoms with Crippen LogP contribution in [0.4, 0.5) is 0 Å². The maximum absolute atomic E-state index is 12.9. The van der Waals surface area contributed by atoms with Crippen molar-refractivity contribution in [1.29, 1.82) is 0 Å². The van der Waals surface area contributed by atoms with Crippen molar-refractivity contribution >= 4 is 11.7 Å². The van der Waals surface area contributed by atoms with Gasteiger partial charge in [0, 0.05) is 68.6 Å². The van der Waals surface area contributed by atoms with Gasteiger partial charge in [-0.3, -0.25) is 19.4 Å². The molecule has 31 heavy (non-hydrogen) atoms. The zero-order valence-corrected chi connectivity index (χ0v) is 18.3. The third kappa shape index (κ3) is 4.16. The number of piperazine rings is 1. The zero-order valence-electron chi connectivity index (χ0n) is 18.3. The van der Waals surface area contributed by atoms with Crippen molar-refractivity contribution in [2.24, 2.45) is 0 Å². The van der Waals surface area contributed by atoms with E-state index in [0.29, 0.717) is 12.1 Å². The second-order valence-electron chi connectivity index (χ2n) is 9.09. The highest BCUT2D eigenvalue weighted by Gasteiger charge is 2.30. The highest BCUT2D eigenvalue weighted by atomic mass is 16.2. The van der Waals surface area contributed by atoms with Gasteiger partial charge in [0.15, 0.2) is 5.78 Å². The van der Waals surface area contributed by atoms with Crippen LogP contribution in [-0.2, 0) is 17.8 Å². The van der Waals surface area contributed by atoms with Crippen molar-refractivity contribution in [3.63, 3.8) is 0 Å². The Morgan fingerprint density at radius 1 is 1.03 bits per heavy atom. The first-order chi connectivity index (χ1) is 15.1. The first-order valence-electron chi connectivity index (χ1n) is 11.5. The van der Waals surface area contributed by atoms with Crippen molar-refractivity contribution in [3.05, 3.63) is 47.3 Å². The molecule has 7 heteroatoms. The number of nitrogens with zero attached hydrogens (tertiary/aromatic N) is 5. The molecule has 2 aliphatic heterocycles. The Kier molecular flexibility index (Phi) is 5.63. The Hall–Kier alpha value is -2.51. The van der Waals surface area contributed by atoms with Gasteiger partial charge >= 0.3 is 0 Å². The van der Waals surface area contributed by atoms with E-state index in [0.717, 1.165) is 57.4 Å². The van der Waals surface area contributed by atoms with E-state index in [9.17, 15) is 9.59 Å². The van der Waals surface area contributed by atoms with E-state index in [2.05, 4.69) is 14.9 Å². The molecule has 0 radical (unpaired) electrons. The number of benzene rings is 1. The number of Topliss-reactive ketones (excluding diaryl/α,β-unsaturated/α-hetero) is 1. The smallest absolute Gasteiger partial charge is 0.236 e. The van der Waals surface area contributed by atoms with Crippen LogP contribution in [0.5, 0.6) is 0 Å². The lowest BCUT2D eigenvalue weighted by Gasteiger charge is -2.43. The van der Waals surface area contributed by atoms with E-state index < -0.39 is 0 Å². The Balaban J connectivity index is 1.18. The molecule has 7 nitrogen and oxygen atoms in total. The van der Waals surface area contributed by atoms with Crippen LogP contribution in [0, 0.1) is 0 Å². The lowest BCUT2D eigenvalue weighted by Crippen LogP contribution is -2.55. The molecule has 5 rings (SSSR count). The highest BCUT2D eigenvalue weighted by Crippen LogP contribution is 2.26. The van der Waals surface area contributed by atoms with Gasteiger partial charge in [-0.15, -0.1) is 0 Å². The summed E-state index contributed by atoms with van der Waals surface area (Å²) in [7, 11) is 0. The van der Waals surface area contributed by atoms with E-state index in [1.54, 1.807) is 6.92 Å². The molecule has 3 heterocycles. The molecule has 1 aromatic heterocycles. The molecular weight excluding hydrogens is 390 g/mol. The van der Waals surface area contributed by atoms with Crippen LogP contribution >= 0.6 is 0 Å². The van der Waals surface area contributed by atoms with Crippen molar-refractivity contribution < 1.29 is 9.59 Å². The van der Waals surface area contributed by atoms with Gasteiger partial charge in [0.2, 0.25) is 5.91 Å². The summed E-state index contributed by atoms with van der Waals surface area (Å²) in [5.41, 5.74) is 4.07. The Bertz CT molecular complexity index is 955. The summed E-state index contributed by atoms with van der Waals surface area (Å²) in [5.74, 6) is 0.322. The third-order valence-corrected chi connectivity index (χ3v) is 7.15. The summed E-state index contributed by atoms with van der Waals surface area (Å²) in [6, 6.07) is 8.37. The summed E-state index contributed by atoms with van der Waals surface area (Å²) >= 11 is 0. The van der Waals surface area contributed by atoms with Gasteiger partial charge in [-0.25, -0.2) is 4.68 Å². The minimum atomic E-state index is 0.0683. The van der Waals surface area contributed by atoms with E-state index >= 15 is 0 Å². The highest BCUT2D eigenvalue weighted by molar-refractivity contribution is 5.94. The molecule has 164 valence electrons. The third-order valence-electron chi connectivity index (χ3n) is 7.15. The van der Waals surface area contributed by atoms with E-state index in [-0.39, 0.29) is 11.7 Å². The number of rotatable bonds is 5. The molecule has 1 amide bonds. The Morgan fingerprint density at radius 3 is 2.42 bits per heavy atom. The number of amides is 1. The summed E-state index contributed by atoms with van der Waals surface area (Å²) in [6.45, 7) is 7.46. The largest absolute Gasteiger partial charge is 0.339 e. The average molecular weight is 422 g/mol. The van der Waals surface area contributed by atoms with Crippen LogP contribution in [0.3, 0.4) is 0 Å². The van der Waals surface area contributed by atoms with Gasteiger partial charge in [0.1, 0.15) is 0 Å². The monoisotopic (exact) mass is 421 g/mol. The quantitative estimate of drug-likeness (QED) is 0.692. The molecule has 1 aliphatic carbocycles. The molecule has 1 saturated heterocycles. The molecule has 0 N–H and O–H groups in total. The lowest BCUT2D eigenvalue weighted by atomic mass is 9.91. The van der Waals surface area contributed by atoms with Crippen molar-refractivity contribution in [2.75, 3.05) is 39.3 Å². The Morgan fingerprint density at radius 2 is 1.77 bits per heavy atom. The molecule has 1 aromatic carbocycles. The number of carbonyl (C=O) groups excluding carboxylic acids is 2. The number of ketones is 1. The molecule has 2 fully saturated rings. The van der Waals surface area contributed by atoms with Gasteiger partial charge in [-0.05, 0) is 44.0 Å². The van der Waals surface area contributed by atoms with Crippen LogP contribution in [-0.4, -0.2) is 81.5 Å². The van der Waals surface area contributed by atoms with Gasteiger partial charge in [0.05, 0.1) is 18.4 Å². The number of hydrogen-bond donors (Lipinski definition) is 0. The number of hydrogen-bond acceptors (Lipinski definition) is 5. The average Bonchev–Trinajstić information content (AvgIpc) is 3.16. The molecule has 3 aliphatic rings. The predicted molar refractivity (Wildman–Crippen MR) is 118 cm³/mol. The van der Waals surface area contributed by atoms with Crippen molar-refractivity contribution in [2.45, 2.75) is 45.2 Å². The van der Waals surface area contributed by atoms with E-state index in [1.165, 1.54) is 30.5 Å². The fourth-order valence-corrected chi connectivity index (χ4v) is 4.96. The first kappa shape index (κ1) is 20.4. The van der Waals surface area contributed by atoms with E-state index in [1.807, 2.05) is 40.0 Å². The summed E-state index contributed by atoms with van der Waals surface area (Å²) in [4.78, 5) is 31.2. The van der Waals surface area contributed by atoms with Gasteiger partial charge < -0.3 is 4.90 Å². The minimum Gasteiger partial charge on any atom is -0.339 e. The summed E-state index contributed by atoms with van der Waals surface area (Å²) in [5, 5.41) is 4.59. The molecule has 0 spiro atoms. The maximum atomic E-state index is 12.9. The zero-order chi connectivity index (χ0) is 21.4. The standard InChI is InChI=1S/C24H31N5O2/c1-18(30)19-5-7-22(8-6-19)29-23-9-10-26(16-20(23)15-25-29)17-24(31)28-13-11-27(12-14-28)21-3-2-4-21/h5-8,15,21H,2-4,9-14,16-17H2,1H3.